The monoisotopic (exact) mass is 413 g/mol. The summed E-state index contributed by atoms with van der Waals surface area (Å²) >= 11 is 0. The van der Waals surface area contributed by atoms with E-state index in [4.69, 9.17) is 14.2 Å². The first kappa shape index (κ1) is 21.2. The molecule has 0 spiro atoms. The van der Waals surface area contributed by atoms with Crippen LogP contribution in [0.3, 0.4) is 0 Å². The number of Topliss-reactive ketones (excluding diaryl/α,β-unsaturated/α-hetero) is 1. The molecule has 30 heavy (non-hydrogen) atoms. The molecule has 0 aliphatic carbocycles. The summed E-state index contributed by atoms with van der Waals surface area (Å²) in [5, 5.41) is 21.2. The Labute approximate surface area is 173 Å². The van der Waals surface area contributed by atoms with E-state index in [0.29, 0.717) is 16.9 Å². The summed E-state index contributed by atoms with van der Waals surface area (Å²) in [4.78, 5) is 26.9. The Morgan fingerprint density at radius 1 is 1.03 bits per heavy atom. The van der Waals surface area contributed by atoms with Crippen LogP contribution >= 0.6 is 0 Å². The minimum Gasteiger partial charge on any atom is -0.507 e. The van der Waals surface area contributed by atoms with Gasteiger partial charge in [0.25, 0.3) is 11.7 Å². The van der Waals surface area contributed by atoms with Crippen molar-refractivity contribution in [3.63, 3.8) is 0 Å². The van der Waals surface area contributed by atoms with Crippen molar-refractivity contribution in [2.45, 2.75) is 6.04 Å². The summed E-state index contributed by atoms with van der Waals surface area (Å²) in [6, 6.07) is 10.2. The van der Waals surface area contributed by atoms with E-state index in [0.717, 1.165) is 0 Å². The molecule has 8 nitrogen and oxygen atoms in total. The largest absolute Gasteiger partial charge is 0.507 e. The van der Waals surface area contributed by atoms with Gasteiger partial charge >= 0.3 is 0 Å². The van der Waals surface area contributed by atoms with E-state index in [1.165, 1.54) is 38.4 Å². The Balaban J connectivity index is 2.15. The zero-order valence-electron chi connectivity index (χ0n) is 16.9. The maximum Gasteiger partial charge on any atom is 0.295 e. The van der Waals surface area contributed by atoms with Gasteiger partial charge in [-0.2, -0.15) is 0 Å². The maximum absolute atomic E-state index is 12.8. The molecule has 0 bridgehead atoms. The number of phenolic OH excluding ortho intramolecular Hbond substituents is 1. The number of carbonyl (C=O) groups excluding carboxylic acids is 2. The third-order valence-electron chi connectivity index (χ3n) is 4.96. The fraction of sp³-hybridized carbons (Fsp3) is 0.273. The average molecular weight is 413 g/mol. The van der Waals surface area contributed by atoms with Gasteiger partial charge in [0.15, 0.2) is 11.5 Å². The predicted octanol–water partition coefficient (Wildman–Crippen LogP) is 2.48. The van der Waals surface area contributed by atoms with Crippen LogP contribution in [-0.4, -0.2) is 61.3 Å². The van der Waals surface area contributed by atoms with Gasteiger partial charge in [0, 0.05) is 19.2 Å². The van der Waals surface area contributed by atoms with Crippen molar-refractivity contribution in [2.24, 2.45) is 0 Å². The van der Waals surface area contributed by atoms with E-state index in [9.17, 15) is 19.8 Å². The van der Waals surface area contributed by atoms with Crippen LogP contribution in [0.5, 0.6) is 17.2 Å². The lowest BCUT2D eigenvalue weighted by Crippen LogP contribution is -2.32. The number of hydrogen-bond donors (Lipinski definition) is 2. The number of ether oxygens (including phenoxy) is 3. The molecule has 2 aromatic carbocycles. The minimum absolute atomic E-state index is 0.0640. The van der Waals surface area contributed by atoms with Gasteiger partial charge in [-0.15, -0.1) is 0 Å². The van der Waals surface area contributed by atoms with Crippen LogP contribution in [0.25, 0.3) is 5.76 Å². The normalized spacial score (nSPS) is 18.0. The molecule has 1 unspecified atom stereocenters. The highest BCUT2D eigenvalue weighted by atomic mass is 16.5. The van der Waals surface area contributed by atoms with Gasteiger partial charge in [-0.1, -0.05) is 6.07 Å². The highest BCUT2D eigenvalue weighted by Gasteiger charge is 2.46. The molecule has 0 aromatic heterocycles. The number of likely N-dealkylation sites (tertiary alicyclic amines) is 1. The van der Waals surface area contributed by atoms with Crippen molar-refractivity contribution in [1.29, 1.82) is 0 Å². The molecular formula is C22H23NO7. The first-order valence-corrected chi connectivity index (χ1v) is 9.21. The van der Waals surface area contributed by atoms with Crippen LogP contribution in [0.2, 0.25) is 0 Å². The third-order valence-corrected chi connectivity index (χ3v) is 4.96. The summed E-state index contributed by atoms with van der Waals surface area (Å²) in [6.45, 7) is 0.339. The lowest BCUT2D eigenvalue weighted by molar-refractivity contribution is -0.140. The zero-order valence-corrected chi connectivity index (χ0v) is 16.9. The van der Waals surface area contributed by atoms with E-state index >= 15 is 0 Å². The molecule has 1 aliphatic rings. The Hall–Kier alpha value is -3.52. The van der Waals surface area contributed by atoms with Gasteiger partial charge < -0.3 is 29.3 Å². The van der Waals surface area contributed by atoms with Crippen molar-refractivity contribution in [1.82, 2.24) is 4.90 Å². The molecule has 2 N–H and O–H groups in total. The lowest BCUT2D eigenvalue weighted by atomic mass is 9.95. The average Bonchev–Trinajstić information content (AvgIpc) is 3.01. The molecule has 3 rings (SSSR count). The molecule has 1 heterocycles. The third kappa shape index (κ3) is 3.81. The number of ketones is 1. The van der Waals surface area contributed by atoms with Crippen molar-refractivity contribution < 1.29 is 34.0 Å². The second-order valence-electron chi connectivity index (χ2n) is 6.65. The molecule has 1 fully saturated rings. The number of rotatable bonds is 7. The van der Waals surface area contributed by atoms with E-state index < -0.39 is 17.7 Å². The fourth-order valence-electron chi connectivity index (χ4n) is 3.43. The molecule has 1 atom stereocenters. The number of amides is 1. The van der Waals surface area contributed by atoms with Crippen LogP contribution in [-0.2, 0) is 14.3 Å². The summed E-state index contributed by atoms with van der Waals surface area (Å²) in [6.07, 6.45) is 0. The summed E-state index contributed by atoms with van der Waals surface area (Å²) < 4.78 is 15.3. The molecule has 158 valence electrons. The Morgan fingerprint density at radius 3 is 2.30 bits per heavy atom. The molecule has 1 aliphatic heterocycles. The standard InChI is InChI=1S/C22H23NO7/c1-28-11-10-23-19(14-6-9-17(30-3)16(24)12-14)18(21(26)22(23)27)20(25)13-4-7-15(29-2)8-5-13/h4-9,12,19,24-25H,10-11H2,1-3H3/b20-18-. The quantitative estimate of drug-likeness (QED) is 0.408. The van der Waals surface area contributed by atoms with Crippen LogP contribution < -0.4 is 9.47 Å². The van der Waals surface area contributed by atoms with Gasteiger partial charge in [-0.25, -0.2) is 0 Å². The predicted molar refractivity (Wildman–Crippen MR) is 109 cm³/mol. The van der Waals surface area contributed by atoms with Crippen molar-refractivity contribution in [3.8, 4) is 17.2 Å². The van der Waals surface area contributed by atoms with Gasteiger partial charge in [-0.05, 0) is 42.0 Å². The second kappa shape index (κ2) is 8.87. The molecule has 0 saturated carbocycles. The number of benzene rings is 2. The zero-order chi connectivity index (χ0) is 21.8. The number of phenols is 1. The molecule has 1 amide bonds. The number of carbonyl (C=O) groups is 2. The number of aliphatic hydroxyl groups is 1. The van der Waals surface area contributed by atoms with E-state index in [2.05, 4.69) is 0 Å². The smallest absolute Gasteiger partial charge is 0.295 e. The fourth-order valence-corrected chi connectivity index (χ4v) is 3.43. The number of methoxy groups -OCH3 is 3. The molecular weight excluding hydrogens is 390 g/mol. The SMILES string of the molecule is COCCN1C(=O)C(=O)/C(=C(\O)c2ccc(OC)cc2)C1c1ccc(OC)c(O)c1. The van der Waals surface area contributed by atoms with E-state index in [1.54, 1.807) is 30.3 Å². The lowest BCUT2D eigenvalue weighted by Gasteiger charge is -2.25. The number of aromatic hydroxyl groups is 1. The highest BCUT2D eigenvalue weighted by Crippen LogP contribution is 2.41. The Kier molecular flexibility index (Phi) is 6.27. The van der Waals surface area contributed by atoms with Crippen LogP contribution in [0.15, 0.2) is 48.0 Å². The summed E-state index contributed by atoms with van der Waals surface area (Å²) in [7, 11) is 4.43. The van der Waals surface area contributed by atoms with E-state index in [1.807, 2.05) is 0 Å². The van der Waals surface area contributed by atoms with Gasteiger partial charge in [-0.3, -0.25) is 9.59 Å². The van der Waals surface area contributed by atoms with Crippen LogP contribution in [0, 0.1) is 0 Å². The summed E-state index contributed by atoms with van der Waals surface area (Å²) in [5.41, 5.74) is 0.757. The van der Waals surface area contributed by atoms with Gasteiger partial charge in [0.1, 0.15) is 11.5 Å². The van der Waals surface area contributed by atoms with E-state index in [-0.39, 0.29) is 36.0 Å². The first-order chi connectivity index (χ1) is 14.4. The van der Waals surface area contributed by atoms with Crippen molar-refractivity contribution in [2.75, 3.05) is 34.5 Å². The van der Waals surface area contributed by atoms with Crippen molar-refractivity contribution in [3.05, 3.63) is 59.2 Å². The van der Waals surface area contributed by atoms with Crippen molar-refractivity contribution >= 4 is 17.4 Å². The number of hydrogen-bond acceptors (Lipinski definition) is 7. The second-order valence-corrected chi connectivity index (χ2v) is 6.65. The molecule has 1 saturated heterocycles. The Morgan fingerprint density at radius 2 is 1.73 bits per heavy atom. The minimum atomic E-state index is -0.890. The van der Waals surface area contributed by atoms with Gasteiger partial charge in [0.2, 0.25) is 0 Å². The topological polar surface area (TPSA) is 106 Å². The number of nitrogens with zero attached hydrogens (tertiary/aromatic N) is 1. The maximum atomic E-state index is 12.8. The molecule has 2 aromatic rings. The highest BCUT2D eigenvalue weighted by molar-refractivity contribution is 6.46. The number of aliphatic hydroxyl groups excluding tert-OH is 1. The molecule has 8 heteroatoms. The summed E-state index contributed by atoms with van der Waals surface area (Å²) in [5.74, 6) is -1.17. The van der Waals surface area contributed by atoms with Crippen LogP contribution in [0.4, 0.5) is 0 Å². The molecule has 0 radical (unpaired) electrons. The first-order valence-electron chi connectivity index (χ1n) is 9.21. The van der Waals surface area contributed by atoms with Gasteiger partial charge in [0.05, 0.1) is 32.4 Å². The van der Waals surface area contributed by atoms with Crippen LogP contribution in [0.1, 0.15) is 17.2 Å². The Bertz CT molecular complexity index is 981.